The molecule has 1 aromatic carbocycles. The molecule has 1 N–H and O–H groups in total. The molecule has 1 atom stereocenters. The number of nitrogens with one attached hydrogen (secondary N) is 1. The lowest BCUT2D eigenvalue weighted by molar-refractivity contribution is 0.567. The van der Waals surface area contributed by atoms with Gasteiger partial charge in [0.25, 0.3) is 0 Å². The molecule has 3 heteroatoms. The summed E-state index contributed by atoms with van der Waals surface area (Å²) in [6.07, 6.45) is 1.90. The normalized spacial score (nSPS) is 12.4. The Labute approximate surface area is 117 Å². The Morgan fingerprint density at radius 2 is 2.11 bits per heavy atom. The van der Waals surface area contributed by atoms with E-state index in [9.17, 15) is 0 Å². The molecule has 1 aromatic heterocycles. The zero-order valence-corrected chi connectivity index (χ0v) is 12.2. The maximum absolute atomic E-state index is 4.39. The first-order valence-corrected chi connectivity index (χ1v) is 6.85. The number of benzene rings is 1. The van der Waals surface area contributed by atoms with E-state index in [1.807, 2.05) is 19.2 Å². The summed E-state index contributed by atoms with van der Waals surface area (Å²) >= 11 is 3.49. The first-order valence-electron chi connectivity index (χ1n) is 6.05. The fourth-order valence-electron chi connectivity index (χ4n) is 1.75. The lowest BCUT2D eigenvalue weighted by Gasteiger charge is -2.14. The van der Waals surface area contributed by atoms with E-state index >= 15 is 0 Å². The molecule has 0 unspecified atom stereocenters. The largest absolute Gasteiger partial charge is 0.305 e. The predicted octanol–water partition coefficient (Wildman–Crippen LogP) is 4.00. The smallest absolute Gasteiger partial charge is 0.0542 e. The van der Waals surface area contributed by atoms with Gasteiger partial charge in [0.15, 0.2) is 0 Å². The van der Waals surface area contributed by atoms with Crippen molar-refractivity contribution in [2.75, 3.05) is 0 Å². The van der Waals surface area contributed by atoms with E-state index in [0.29, 0.717) is 6.04 Å². The first kappa shape index (κ1) is 13.2. The minimum absolute atomic E-state index is 0.311. The lowest BCUT2D eigenvalue weighted by atomic mass is 10.1. The molecular weight excluding hydrogens is 288 g/mol. The molecule has 0 aliphatic heterocycles. The molecule has 0 amide bonds. The Kier molecular flexibility index (Phi) is 4.50. The maximum Gasteiger partial charge on any atom is 0.0542 e. The molecule has 2 nitrogen and oxygen atoms in total. The van der Waals surface area contributed by atoms with Crippen LogP contribution in [0.2, 0.25) is 0 Å². The van der Waals surface area contributed by atoms with Crippen molar-refractivity contribution in [3.8, 4) is 0 Å². The van der Waals surface area contributed by atoms with Gasteiger partial charge in [0.05, 0.1) is 5.69 Å². The topological polar surface area (TPSA) is 24.9 Å². The summed E-state index contributed by atoms with van der Waals surface area (Å²) in [5.74, 6) is 0. The van der Waals surface area contributed by atoms with Crippen LogP contribution in [0.5, 0.6) is 0 Å². The number of aryl methyl sites for hydroxylation is 1. The van der Waals surface area contributed by atoms with Crippen LogP contribution in [0.3, 0.4) is 0 Å². The van der Waals surface area contributed by atoms with E-state index < -0.39 is 0 Å². The molecule has 0 saturated heterocycles. The Bertz CT molecular complexity index is 508. The Balaban J connectivity index is 1.96. The molecule has 0 fully saturated rings. The van der Waals surface area contributed by atoms with E-state index in [2.05, 4.69) is 63.5 Å². The molecule has 0 bridgehead atoms. The minimum Gasteiger partial charge on any atom is -0.305 e. The summed E-state index contributed by atoms with van der Waals surface area (Å²) in [6, 6.07) is 12.8. The number of nitrogens with zero attached hydrogens (tertiary/aromatic N) is 1. The van der Waals surface area contributed by atoms with Gasteiger partial charge >= 0.3 is 0 Å². The number of hydrogen-bond acceptors (Lipinski definition) is 2. The van der Waals surface area contributed by atoms with Gasteiger partial charge in [0.2, 0.25) is 0 Å². The predicted molar refractivity (Wildman–Crippen MR) is 78.4 cm³/mol. The number of halogens is 1. The average Bonchev–Trinajstić information content (AvgIpc) is 2.38. The summed E-state index contributed by atoms with van der Waals surface area (Å²) in [6.45, 7) is 5.00. The van der Waals surface area contributed by atoms with Gasteiger partial charge in [0, 0.05) is 23.3 Å². The van der Waals surface area contributed by atoms with Crippen molar-refractivity contribution in [1.29, 1.82) is 0 Å². The van der Waals surface area contributed by atoms with E-state index in [1.165, 1.54) is 11.1 Å². The van der Waals surface area contributed by atoms with Crippen LogP contribution in [-0.4, -0.2) is 4.98 Å². The zero-order valence-electron chi connectivity index (χ0n) is 10.7. The number of aromatic nitrogens is 1. The van der Waals surface area contributed by atoms with Gasteiger partial charge in [-0.25, -0.2) is 0 Å². The molecule has 0 aliphatic carbocycles. The van der Waals surface area contributed by atoms with Crippen LogP contribution in [0, 0.1) is 6.92 Å². The summed E-state index contributed by atoms with van der Waals surface area (Å²) in [4.78, 5) is 4.39. The monoisotopic (exact) mass is 304 g/mol. The number of hydrogen-bond donors (Lipinski definition) is 1. The molecule has 94 valence electrons. The fourth-order valence-corrected chi connectivity index (χ4v) is 2.17. The second-order valence-electron chi connectivity index (χ2n) is 4.48. The van der Waals surface area contributed by atoms with Gasteiger partial charge in [-0.3, -0.25) is 4.98 Å². The van der Waals surface area contributed by atoms with Crippen molar-refractivity contribution in [1.82, 2.24) is 10.3 Å². The zero-order chi connectivity index (χ0) is 13.0. The summed E-state index contributed by atoms with van der Waals surface area (Å²) in [7, 11) is 0. The van der Waals surface area contributed by atoms with Crippen LogP contribution in [0.4, 0.5) is 0 Å². The van der Waals surface area contributed by atoms with Gasteiger partial charge in [-0.05, 0) is 43.2 Å². The summed E-state index contributed by atoms with van der Waals surface area (Å²) < 4.78 is 1.11. The first-order chi connectivity index (χ1) is 8.65. The van der Waals surface area contributed by atoms with Gasteiger partial charge in [0.1, 0.15) is 0 Å². The van der Waals surface area contributed by atoms with Crippen LogP contribution in [-0.2, 0) is 6.54 Å². The molecule has 0 spiro atoms. The third kappa shape index (κ3) is 3.65. The van der Waals surface area contributed by atoms with Gasteiger partial charge in [-0.1, -0.05) is 34.1 Å². The van der Waals surface area contributed by atoms with Crippen molar-refractivity contribution >= 4 is 15.9 Å². The molecule has 0 aliphatic rings. The Morgan fingerprint density at radius 3 is 2.78 bits per heavy atom. The number of pyridine rings is 1. The highest BCUT2D eigenvalue weighted by Crippen LogP contribution is 2.18. The lowest BCUT2D eigenvalue weighted by Crippen LogP contribution is -2.18. The van der Waals surface area contributed by atoms with Crippen molar-refractivity contribution in [3.05, 3.63) is 63.9 Å². The van der Waals surface area contributed by atoms with E-state index in [1.54, 1.807) is 0 Å². The van der Waals surface area contributed by atoms with Gasteiger partial charge in [-0.15, -0.1) is 0 Å². The van der Waals surface area contributed by atoms with Crippen molar-refractivity contribution in [2.24, 2.45) is 0 Å². The Morgan fingerprint density at radius 1 is 1.28 bits per heavy atom. The second kappa shape index (κ2) is 6.12. The highest BCUT2D eigenvalue weighted by molar-refractivity contribution is 9.10. The molecule has 0 saturated carbocycles. The molecule has 2 rings (SSSR count). The van der Waals surface area contributed by atoms with Crippen LogP contribution in [0.25, 0.3) is 0 Å². The fraction of sp³-hybridized carbons (Fsp3) is 0.267. The molecule has 2 aromatic rings. The van der Waals surface area contributed by atoms with Crippen molar-refractivity contribution < 1.29 is 0 Å². The highest BCUT2D eigenvalue weighted by Gasteiger charge is 2.05. The quantitative estimate of drug-likeness (QED) is 0.923. The molecule has 1 heterocycles. The SMILES string of the molecule is Cc1ccc(CN[C@H](C)c2cccc(Br)c2)nc1. The van der Waals surface area contributed by atoms with Crippen LogP contribution >= 0.6 is 15.9 Å². The standard InChI is InChI=1S/C15H17BrN2/c1-11-6-7-15(18-9-11)10-17-12(2)13-4-3-5-14(16)8-13/h3-9,12,17H,10H2,1-2H3/t12-/m1/s1. The third-order valence-corrected chi connectivity index (χ3v) is 3.40. The van der Waals surface area contributed by atoms with Crippen LogP contribution in [0.1, 0.15) is 29.8 Å². The van der Waals surface area contributed by atoms with E-state index in [-0.39, 0.29) is 0 Å². The van der Waals surface area contributed by atoms with Crippen molar-refractivity contribution in [2.45, 2.75) is 26.4 Å². The van der Waals surface area contributed by atoms with E-state index in [4.69, 9.17) is 0 Å². The Hall–Kier alpha value is -1.19. The third-order valence-electron chi connectivity index (χ3n) is 2.91. The molecule has 18 heavy (non-hydrogen) atoms. The maximum atomic E-state index is 4.39. The summed E-state index contributed by atoms with van der Waals surface area (Å²) in [5.41, 5.74) is 3.54. The summed E-state index contributed by atoms with van der Waals surface area (Å²) in [5, 5.41) is 3.48. The second-order valence-corrected chi connectivity index (χ2v) is 5.40. The highest BCUT2D eigenvalue weighted by atomic mass is 79.9. The van der Waals surface area contributed by atoms with Crippen molar-refractivity contribution in [3.63, 3.8) is 0 Å². The van der Waals surface area contributed by atoms with E-state index in [0.717, 1.165) is 16.7 Å². The molecule has 0 radical (unpaired) electrons. The van der Waals surface area contributed by atoms with Gasteiger partial charge in [-0.2, -0.15) is 0 Å². The molecular formula is C15H17BrN2. The number of rotatable bonds is 4. The van der Waals surface area contributed by atoms with Crippen LogP contribution in [0.15, 0.2) is 47.1 Å². The average molecular weight is 305 g/mol. The van der Waals surface area contributed by atoms with Crippen LogP contribution < -0.4 is 5.32 Å². The minimum atomic E-state index is 0.311. The van der Waals surface area contributed by atoms with Gasteiger partial charge < -0.3 is 5.32 Å².